The summed E-state index contributed by atoms with van der Waals surface area (Å²) in [5.41, 5.74) is 1.92. The molecule has 0 aliphatic carbocycles. The van der Waals surface area contributed by atoms with Crippen molar-refractivity contribution in [2.24, 2.45) is 0 Å². The number of hydrogen-bond donors (Lipinski definition) is 1. The molecule has 0 bridgehead atoms. The highest BCUT2D eigenvalue weighted by Gasteiger charge is 2.25. The Morgan fingerprint density at radius 1 is 1.14 bits per heavy atom. The van der Waals surface area contributed by atoms with Gasteiger partial charge in [0.15, 0.2) is 6.61 Å². The summed E-state index contributed by atoms with van der Waals surface area (Å²) in [5, 5.41) is 2.76. The predicted octanol–water partition coefficient (Wildman–Crippen LogP) is 3.38. The van der Waals surface area contributed by atoms with Gasteiger partial charge >= 0.3 is 0 Å². The lowest BCUT2D eigenvalue weighted by molar-refractivity contribution is -0.134. The fourth-order valence-electron chi connectivity index (χ4n) is 3.32. The van der Waals surface area contributed by atoms with E-state index in [4.69, 9.17) is 4.74 Å². The average molecular weight is 402 g/mol. The number of nitrogens with one attached hydrogen (secondary N) is 1. The smallest absolute Gasteiger partial charge is 0.260 e. The molecule has 0 spiro atoms. The van der Waals surface area contributed by atoms with Crippen molar-refractivity contribution in [1.82, 2.24) is 10.2 Å². The molecule has 0 unspecified atom stereocenters. The average Bonchev–Trinajstić information content (AvgIpc) is 2.69. The van der Waals surface area contributed by atoms with Gasteiger partial charge < -0.3 is 15.0 Å². The van der Waals surface area contributed by atoms with E-state index in [1.165, 1.54) is 0 Å². The van der Waals surface area contributed by atoms with E-state index in [0.717, 1.165) is 23.3 Å². The first-order valence-corrected chi connectivity index (χ1v) is 9.58. The highest BCUT2D eigenvalue weighted by Crippen LogP contribution is 2.21. The third kappa shape index (κ3) is 5.10. The Morgan fingerprint density at radius 2 is 1.86 bits per heavy atom. The third-order valence-electron chi connectivity index (χ3n) is 5.26. The monoisotopic (exact) mass is 402 g/mol. The number of hydrogen-bond acceptors (Lipinski definition) is 3. The van der Waals surface area contributed by atoms with Gasteiger partial charge in [-0.2, -0.15) is 0 Å². The maximum absolute atomic E-state index is 13.7. The summed E-state index contributed by atoms with van der Waals surface area (Å²) in [6.45, 7) is 4.86. The van der Waals surface area contributed by atoms with Crippen molar-refractivity contribution in [3.8, 4) is 5.75 Å². The minimum Gasteiger partial charge on any atom is -0.483 e. The summed E-state index contributed by atoms with van der Waals surface area (Å²) in [6, 6.07) is 8.41. The number of nitrogens with zero attached hydrogens (tertiary/aromatic N) is 1. The molecule has 5 nitrogen and oxygen atoms in total. The highest BCUT2D eigenvalue weighted by atomic mass is 19.1. The SMILES string of the molecule is Cc1cccc(OCC(=O)N2CCC(NC(=O)c3ccc(F)cc3F)CC2)c1C. The summed E-state index contributed by atoms with van der Waals surface area (Å²) in [6.07, 6.45) is 1.12. The molecule has 1 fully saturated rings. The Kier molecular flexibility index (Phi) is 6.46. The molecule has 2 aromatic carbocycles. The molecule has 7 heteroatoms. The lowest BCUT2D eigenvalue weighted by atomic mass is 10.0. The summed E-state index contributed by atoms with van der Waals surface area (Å²) in [5.74, 6) is -1.61. The van der Waals surface area contributed by atoms with Gasteiger partial charge in [0.2, 0.25) is 0 Å². The molecule has 1 saturated heterocycles. The number of carbonyl (C=O) groups excluding carboxylic acids is 2. The number of piperidine rings is 1. The zero-order chi connectivity index (χ0) is 21.0. The lowest BCUT2D eigenvalue weighted by Gasteiger charge is -2.32. The molecule has 0 aromatic heterocycles. The molecule has 2 aromatic rings. The van der Waals surface area contributed by atoms with Crippen LogP contribution in [0, 0.1) is 25.5 Å². The molecule has 0 atom stereocenters. The number of aryl methyl sites for hydroxylation is 1. The van der Waals surface area contributed by atoms with E-state index in [2.05, 4.69) is 5.32 Å². The van der Waals surface area contributed by atoms with Crippen LogP contribution in [-0.4, -0.2) is 42.5 Å². The molecule has 1 heterocycles. The first kappa shape index (κ1) is 20.8. The normalized spacial score (nSPS) is 14.6. The van der Waals surface area contributed by atoms with Crippen molar-refractivity contribution in [1.29, 1.82) is 0 Å². The van der Waals surface area contributed by atoms with Crippen LogP contribution in [-0.2, 0) is 4.79 Å². The fraction of sp³-hybridized carbons (Fsp3) is 0.364. The molecule has 0 saturated carbocycles. The van der Waals surface area contributed by atoms with Crippen molar-refractivity contribution in [2.75, 3.05) is 19.7 Å². The minimum absolute atomic E-state index is 0.0396. The topological polar surface area (TPSA) is 58.6 Å². The van der Waals surface area contributed by atoms with E-state index in [1.54, 1.807) is 4.90 Å². The zero-order valence-electron chi connectivity index (χ0n) is 16.5. The van der Waals surface area contributed by atoms with Crippen molar-refractivity contribution >= 4 is 11.8 Å². The van der Waals surface area contributed by atoms with Crippen LogP contribution in [0.4, 0.5) is 8.78 Å². The summed E-state index contributed by atoms with van der Waals surface area (Å²) in [7, 11) is 0. The van der Waals surface area contributed by atoms with Crippen LogP contribution in [0.2, 0.25) is 0 Å². The van der Waals surface area contributed by atoms with E-state index < -0.39 is 17.5 Å². The molecular weight excluding hydrogens is 378 g/mol. The van der Waals surface area contributed by atoms with Gasteiger partial charge in [0, 0.05) is 25.2 Å². The molecule has 1 aliphatic heterocycles. The summed E-state index contributed by atoms with van der Waals surface area (Å²) >= 11 is 0. The third-order valence-corrected chi connectivity index (χ3v) is 5.26. The summed E-state index contributed by atoms with van der Waals surface area (Å²) in [4.78, 5) is 26.3. The second-order valence-electron chi connectivity index (χ2n) is 7.24. The van der Waals surface area contributed by atoms with Crippen molar-refractivity contribution < 1.29 is 23.1 Å². The molecule has 1 N–H and O–H groups in total. The van der Waals surface area contributed by atoms with Gasteiger partial charge in [0.05, 0.1) is 5.56 Å². The molecular formula is C22H24F2N2O3. The predicted molar refractivity (Wildman–Crippen MR) is 105 cm³/mol. The molecule has 29 heavy (non-hydrogen) atoms. The van der Waals surface area contributed by atoms with Gasteiger partial charge in [0.25, 0.3) is 11.8 Å². The Bertz CT molecular complexity index is 909. The van der Waals surface area contributed by atoms with Crippen LogP contribution in [0.1, 0.15) is 34.3 Å². The number of halogens is 2. The summed E-state index contributed by atoms with van der Waals surface area (Å²) < 4.78 is 32.4. The Balaban J connectivity index is 1.47. The van der Waals surface area contributed by atoms with Gasteiger partial charge in [0.1, 0.15) is 17.4 Å². The number of benzene rings is 2. The molecule has 1 aliphatic rings. The second kappa shape index (κ2) is 9.03. The highest BCUT2D eigenvalue weighted by molar-refractivity contribution is 5.94. The molecule has 3 rings (SSSR count). The van der Waals surface area contributed by atoms with E-state index in [1.807, 2.05) is 32.0 Å². The van der Waals surface area contributed by atoms with E-state index >= 15 is 0 Å². The van der Waals surface area contributed by atoms with Crippen molar-refractivity contribution in [3.05, 3.63) is 64.7 Å². The van der Waals surface area contributed by atoms with Gasteiger partial charge in [-0.1, -0.05) is 12.1 Å². The lowest BCUT2D eigenvalue weighted by Crippen LogP contribution is -2.47. The van der Waals surface area contributed by atoms with Gasteiger partial charge in [-0.15, -0.1) is 0 Å². The Morgan fingerprint density at radius 3 is 2.55 bits per heavy atom. The fourth-order valence-corrected chi connectivity index (χ4v) is 3.32. The largest absolute Gasteiger partial charge is 0.483 e. The van der Waals surface area contributed by atoms with Crippen LogP contribution in [0.15, 0.2) is 36.4 Å². The Labute approximate surface area is 168 Å². The number of ether oxygens (including phenoxy) is 1. The van der Waals surface area contributed by atoms with Gasteiger partial charge in [-0.25, -0.2) is 8.78 Å². The van der Waals surface area contributed by atoms with Crippen LogP contribution in [0.25, 0.3) is 0 Å². The second-order valence-corrected chi connectivity index (χ2v) is 7.24. The zero-order valence-corrected chi connectivity index (χ0v) is 16.5. The molecule has 0 radical (unpaired) electrons. The molecule has 2 amide bonds. The number of rotatable bonds is 5. The maximum atomic E-state index is 13.7. The van der Waals surface area contributed by atoms with Crippen LogP contribution >= 0.6 is 0 Å². The van der Waals surface area contributed by atoms with E-state index in [0.29, 0.717) is 37.7 Å². The minimum atomic E-state index is -0.890. The number of carbonyl (C=O) groups is 2. The number of likely N-dealkylation sites (tertiary alicyclic amines) is 1. The van der Waals surface area contributed by atoms with Crippen molar-refractivity contribution in [3.63, 3.8) is 0 Å². The standard InChI is InChI=1S/C22H24F2N2O3/c1-14-4-3-5-20(15(14)2)29-13-21(27)26-10-8-17(9-11-26)25-22(28)18-7-6-16(23)12-19(18)24/h3-7,12,17H,8-11,13H2,1-2H3,(H,25,28). The number of amides is 2. The van der Waals surface area contributed by atoms with E-state index in [9.17, 15) is 18.4 Å². The van der Waals surface area contributed by atoms with Gasteiger partial charge in [-0.3, -0.25) is 9.59 Å². The first-order chi connectivity index (χ1) is 13.8. The van der Waals surface area contributed by atoms with E-state index in [-0.39, 0.29) is 24.1 Å². The quantitative estimate of drug-likeness (QED) is 0.834. The Hall–Kier alpha value is -2.96. The van der Waals surface area contributed by atoms with Crippen LogP contribution in [0.5, 0.6) is 5.75 Å². The maximum Gasteiger partial charge on any atom is 0.260 e. The van der Waals surface area contributed by atoms with Crippen molar-refractivity contribution in [2.45, 2.75) is 32.7 Å². The van der Waals surface area contributed by atoms with Gasteiger partial charge in [-0.05, 0) is 56.0 Å². The van der Waals surface area contributed by atoms with Crippen LogP contribution < -0.4 is 10.1 Å². The first-order valence-electron chi connectivity index (χ1n) is 9.58. The van der Waals surface area contributed by atoms with Crippen LogP contribution in [0.3, 0.4) is 0 Å². The molecule has 154 valence electrons.